The van der Waals surface area contributed by atoms with Gasteiger partial charge in [-0.15, -0.1) is 24.0 Å². The number of hydrogen-bond donors (Lipinski definition) is 3. The highest BCUT2D eigenvalue weighted by Crippen LogP contribution is 2.17. The average Bonchev–Trinajstić information content (AvgIpc) is 2.74. The lowest BCUT2D eigenvalue weighted by molar-refractivity contribution is -0.120. The Kier molecular flexibility index (Phi) is 9.04. The van der Waals surface area contributed by atoms with Gasteiger partial charge in [0.1, 0.15) is 5.75 Å². The Morgan fingerprint density at radius 3 is 2.55 bits per heavy atom. The van der Waals surface area contributed by atoms with Crippen LogP contribution in [0.2, 0.25) is 0 Å². The highest BCUT2D eigenvalue weighted by molar-refractivity contribution is 14.0. The summed E-state index contributed by atoms with van der Waals surface area (Å²) in [5.74, 6) is 1.65. The van der Waals surface area contributed by atoms with Gasteiger partial charge in [0.05, 0.1) is 13.7 Å². The molecule has 0 bridgehead atoms. The summed E-state index contributed by atoms with van der Waals surface area (Å²) in [4.78, 5) is 17.9. The zero-order chi connectivity index (χ0) is 19.8. The number of piperazine rings is 1. The number of rotatable bonds is 6. The second-order valence-electron chi connectivity index (χ2n) is 6.53. The molecule has 7 nitrogen and oxygen atoms in total. The molecule has 0 spiro atoms. The van der Waals surface area contributed by atoms with Crippen LogP contribution < -0.4 is 25.6 Å². The van der Waals surface area contributed by atoms with Crippen molar-refractivity contribution in [2.24, 2.45) is 4.99 Å². The van der Waals surface area contributed by atoms with Crippen molar-refractivity contribution < 1.29 is 9.53 Å². The van der Waals surface area contributed by atoms with Crippen LogP contribution in [0.5, 0.6) is 5.75 Å². The molecule has 3 N–H and O–H groups in total. The Balaban J connectivity index is 0.00000300. The number of carbonyl (C=O) groups excluding carboxylic acids is 1. The molecule has 1 heterocycles. The lowest BCUT2D eigenvalue weighted by Gasteiger charge is -2.28. The van der Waals surface area contributed by atoms with Crippen LogP contribution >= 0.6 is 24.0 Å². The van der Waals surface area contributed by atoms with Crippen LogP contribution in [-0.4, -0.2) is 45.7 Å². The molecule has 2 aromatic carbocycles. The fourth-order valence-corrected chi connectivity index (χ4v) is 3.12. The van der Waals surface area contributed by atoms with Crippen LogP contribution in [0.4, 0.5) is 5.69 Å². The second kappa shape index (κ2) is 11.5. The van der Waals surface area contributed by atoms with E-state index in [4.69, 9.17) is 4.74 Å². The van der Waals surface area contributed by atoms with Crippen molar-refractivity contribution in [3.8, 4) is 5.75 Å². The lowest BCUT2D eigenvalue weighted by atomic mass is 10.2. The third kappa shape index (κ3) is 6.52. The maximum atomic E-state index is 11.5. The summed E-state index contributed by atoms with van der Waals surface area (Å²) in [5, 5.41) is 9.47. The molecule has 3 rings (SSSR count). The minimum absolute atomic E-state index is 0. The molecule has 0 saturated carbocycles. The molecular weight excluding hydrogens is 481 g/mol. The Morgan fingerprint density at radius 2 is 1.86 bits per heavy atom. The summed E-state index contributed by atoms with van der Waals surface area (Å²) in [5.41, 5.74) is 3.28. The normalized spacial score (nSPS) is 13.9. The number of hydrogen-bond acceptors (Lipinski definition) is 4. The van der Waals surface area contributed by atoms with Crippen LogP contribution in [-0.2, 0) is 17.9 Å². The van der Waals surface area contributed by atoms with Gasteiger partial charge in [-0.3, -0.25) is 9.79 Å². The lowest BCUT2D eigenvalue weighted by Crippen LogP contribution is -2.47. The summed E-state index contributed by atoms with van der Waals surface area (Å²) in [6.07, 6.45) is 0. The van der Waals surface area contributed by atoms with E-state index in [2.05, 4.69) is 50.1 Å². The number of halogens is 1. The summed E-state index contributed by atoms with van der Waals surface area (Å²) >= 11 is 0. The first kappa shape index (κ1) is 22.8. The summed E-state index contributed by atoms with van der Waals surface area (Å²) in [6.45, 7) is 3.22. The van der Waals surface area contributed by atoms with Crippen molar-refractivity contribution in [2.75, 3.05) is 38.7 Å². The van der Waals surface area contributed by atoms with Gasteiger partial charge < -0.3 is 25.6 Å². The molecule has 0 atom stereocenters. The summed E-state index contributed by atoms with van der Waals surface area (Å²) in [6, 6.07) is 16.2. The fraction of sp³-hybridized carbons (Fsp3) is 0.333. The van der Waals surface area contributed by atoms with E-state index in [0.717, 1.165) is 35.1 Å². The largest absolute Gasteiger partial charge is 0.496 e. The van der Waals surface area contributed by atoms with Gasteiger partial charge in [-0.05, 0) is 23.8 Å². The molecular formula is C21H28IN5O2. The zero-order valence-electron chi connectivity index (χ0n) is 16.8. The highest BCUT2D eigenvalue weighted by atomic mass is 127. The smallest absolute Gasteiger partial charge is 0.239 e. The van der Waals surface area contributed by atoms with Gasteiger partial charge in [0.25, 0.3) is 0 Å². The van der Waals surface area contributed by atoms with Crippen molar-refractivity contribution in [2.45, 2.75) is 13.1 Å². The third-order valence-electron chi connectivity index (χ3n) is 4.66. The van der Waals surface area contributed by atoms with Gasteiger partial charge in [0.2, 0.25) is 5.91 Å². The molecule has 29 heavy (non-hydrogen) atoms. The molecule has 1 fully saturated rings. The molecule has 0 unspecified atom stereocenters. The standard InChI is InChI=1S/C21H27N5O2.HI/c1-22-21(25-14-17-5-3-4-6-19(17)28-2)24-13-16-7-9-18(10-8-16)26-12-11-23-20(27)15-26;/h3-10H,11-15H2,1-2H3,(H,23,27)(H2,22,24,25);1H. The second-order valence-corrected chi connectivity index (χ2v) is 6.53. The van der Waals surface area contributed by atoms with Crippen molar-refractivity contribution in [1.82, 2.24) is 16.0 Å². The predicted octanol–water partition coefficient (Wildman–Crippen LogP) is 2.11. The van der Waals surface area contributed by atoms with E-state index in [1.165, 1.54) is 0 Å². The highest BCUT2D eigenvalue weighted by Gasteiger charge is 2.16. The number of guanidine groups is 1. The van der Waals surface area contributed by atoms with Gasteiger partial charge in [0.15, 0.2) is 5.96 Å². The van der Waals surface area contributed by atoms with E-state index in [9.17, 15) is 4.79 Å². The van der Waals surface area contributed by atoms with Crippen molar-refractivity contribution in [3.05, 3.63) is 59.7 Å². The van der Waals surface area contributed by atoms with E-state index in [1.54, 1.807) is 14.2 Å². The topological polar surface area (TPSA) is 78.0 Å². The minimum atomic E-state index is 0. The molecule has 1 amide bonds. The van der Waals surface area contributed by atoms with E-state index in [0.29, 0.717) is 26.2 Å². The Labute approximate surface area is 188 Å². The molecule has 2 aromatic rings. The number of carbonyl (C=O) groups is 1. The summed E-state index contributed by atoms with van der Waals surface area (Å²) < 4.78 is 5.38. The molecule has 0 aliphatic carbocycles. The van der Waals surface area contributed by atoms with E-state index < -0.39 is 0 Å². The number of ether oxygens (including phenoxy) is 1. The van der Waals surface area contributed by atoms with Crippen LogP contribution in [0.25, 0.3) is 0 Å². The molecule has 1 aliphatic rings. The molecule has 8 heteroatoms. The Hall–Kier alpha value is -2.49. The van der Waals surface area contributed by atoms with Crippen LogP contribution in [0.15, 0.2) is 53.5 Å². The number of aliphatic imine (C=N–C) groups is 1. The predicted molar refractivity (Wildman–Crippen MR) is 127 cm³/mol. The fourth-order valence-electron chi connectivity index (χ4n) is 3.12. The first-order valence-electron chi connectivity index (χ1n) is 9.36. The minimum Gasteiger partial charge on any atom is -0.496 e. The van der Waals surface area contributed by atoms with Crippen molar-refractivity contribution >= 4 is 41.5 Å². The first-order valence-corrected chi connectivity index (χ1v) is 9.36. The zero-order valence-corrected chi connectivity index (χ0v) is 19.1. The van der Waals surface area contributed by atoms with Gasteiger partial charge in [0, 0.05) is 44.5 Å². The van der Waals surface area contributed by atoms with Gasteiger partial charge in [-0.1, -0.05) is 30.3 Å². The molecule has 1 aliphatic heterocycles. The maximum Gasteiger partial charge on any atom is 0.239 e. The number of para-hydroxylation sites is 1. The monoisotopic (exact) mass is 509 g/mol. The van der Waals surface area contributed by atoms with Gasteiger partial charge in [-0.25, -0.2) is 0 Å². The van der Waals surface area contributed by atoms with E-state index in [-0.39, 0.29) is 29.9 Å². The Bertz CT molecular complexity index is 826. The number of methoxy groups -OCH3 is 1. The number of nitrogens with one attached hydrogen (secondary N) is 3. The van der Waals surface area contributed by atoms with E-state index >= 15 is 0 Å². The van der Waals surface area contributed by atoms with Crippen LogP contribution in [0, 0.1) is 0 Å². The number of nitrogens with zero attached hydrogens (tertiary/aromatic N) is 2. The number of anilines is 1. The molecule has 1 saturated heterocycles. The number of benzene rings is 2. The number of amides is 1. The average molecular weight is 509 g/mol. The molecule has 0 radical (unpaired) electrons. The molecule has 0 aromatic heterocycles. The molecule has 156 valence electrons. The first-order chi connectivity index (χ1) is 13.7. The maximum absolute atomic E-state index is 11.5. The Morgan fingerprint density at radius 1 is 1.14 bits per heavy atom. The van der Waals surface area contributed by atoms with E-state index in [1.807, 2.05) is 24.3 Å². The van der Waals surface area contributed by atoms with Gasteiger partial charge in [-0.2, -0.15) is 0 Å². The quantitative estimate of drug-likeness (QED) is 0.316. The summed E-state index contributed by atoms with van der Waals surface area (Å²) in [7, 11) is 3.42. The third-order valence-corrected chi connectivity index (χ3v) is 4.66. The van der Waals surface area contributed by atoms with Crippen LogP contribution in [0.3, 0.4) is 0 Å². The van der Waals surface area contributed by atoms with Gasteiger partial charge >= 0.3 is 0 Å². The van der Waals surface area contributed by atoms with Crippen molar-refractivity contribution in [3.63, 3.8) is 0 Å². The van der Waals surface area contributed by atoms with Crippen LogP contribution in [0.1, 0.15) is 11.1 Å². The SMILES string of the molecule is CN=C(NCc1ccc(N2CCNC(=O)C2)cc1)NCc1ccccc1OC.I. The van der Waals surface area contributed by atoms with Crippen molar-refractivity contribution in [1.29, 1.82) is 0 Å².